The molecule has 0 bridgehead atoms. The van der Waals surface area contributed by atoms with Gasteiger partial charge >= 0.3 is 5.97 Å². The molecule has 1 atom stereocenters. The number of nitrogens with zero attached hydrogens (tertiary/aromatic N) is 2. The summed E-state index contributed by atoms with van der Waals surface area (Å²) in [5, 5.41) is 0. The van der Waals surface area contributed by atoms with Crippen molar-refractivity contribution in [2.45, 2.75) is 6.42 Å². The summed E-state index contributed by atoms with van der Waals surface area (Å²) in [4.78, 5) is 27.2. The lowest BCUT2D eigenvalue weighted by Crippen LogP contribution is -2.42. The summed E-state index contributed by atoms with van der Waals surface area (Å²) in [6.07, 6.45) is 0.287. The quantitative estimate of drug-likeness (QED) is 0.625. The van der Waals surface area contributed by atoms with Gasteiger partial charge in [0.05, 0.1) is 26.2 Å². The van der Waals surface area contributed by atoms with Crippen LogP contribution in [0.2, 0.25) is 0 Å². The van der Waals surface area contributed by atoms with E-state index < -0.39 is 0 Å². The van der Waals surface area contributed by atoms with Crippen molar-refractivity contribution in [2.24, 2.45) is 5.92 Å². The Balaban J connectivity index is 1.76. The van der Waals surface area contributed by atoms with Gasteiger partial charge in [-0.15, -0.1) is 0 Å². The summed E-state index contributed by atoms with van der Waals surface area (Å²) in [6.45, 7) is 5.40. The number of amides is 1. The van der Waals surface area contributed by atoms with E-state index in [0.717, 1.165) is 32.8 Å². The summed E-state index contributed by atoms with van der Waals surface area (Å²) in [7, 11) is 1.36. The fourth-order valence-corrected chi connectivity index (χ4v) is 2.40. The van der Waals surface area contributed by atoms with Gasteiger partial charge in [0.15, 0.2) is 0 Å². The average molecular weight is 256 g/mol. The molecule has 6 heteroatoms. The van der Waals surface area contributed by atoms with Gasteiger partial charge in [0, 0.05) is 39.1 Å². The molecular formula is C12H20N2O4. The van der Waals surface area contributed by atoms with Crippen LogP contribution in [0, 0.1) is 5.92 Å². The van der Waals surface area contributed by atoms with Crippen LogP contribution in [0.15, 0.2) is 0 Å². The first-order valence-electron chi connectivity index (χ1n) is 6.36. The van der Waals surface area contributed by atoms with Gasteiger partial charge in [0.2, 0.25) is 5.91 Å². The fraction of sp³-hybridized carbons (Fsp3) is 0.833. The fourth-order valence-electron chi connectivity index (χ4n) is 2.40. The third-order valence-corrected chi connectivity index (χ3v) is 3.54. The van der Waals surface area contributed by atoms with E-state index in [1.54, 1.807) is 4.90 Å². The number of carbonyl (C=O) groups is 2. The monoisotopic (exact) mass is 256 g/mol. The van der Waals surface area contributed by atoms with Crippen molar-refractivity contribution < 1.29 is 19.1 Å². The summed E-state index contributed by atoms with van der Waals surface area (Å²) < 4.78 is 9.95. The summed E-state index contributed by atoms with van der Waals surface area (Å²) in [6, 6.07) is 0. The van der Waals surface area contributed by atoms with E-state index >= 15 is 0 Å². The van der Waals surface area contributed by atoms with Crippen molar-refractivity contribution >= 4 is 11.9 Å². The molecule has 2 fully saturated rings. The van der Waals surface area contributed by atoms with Gasteiger partial charge < -0.3 is 14.4 Å². The molecular weight excluding hydrogens is 236 g/mol. The Labute approximate surface area is 107 Å². The van der Waals surface area contributed by atoms with Crippen molar-refractivity contribution in [3.8, 4) is 0 Å². The van der Waals surface area contributed by atoms with Crippen LogP contribution >= 0.6 is 0 Å². The zero-order chi connectivity index (χ0) is 13.0. The second-order valence-corrected chi connectivity index (χ2v) is 4.72. The van der Waals surface area contributed by atoms with Crippen LogP contribution in [-0.4, -0.2) is 74.7 Å². The highest BCUT2D eigenvalue weighted by molar-refractivity contribution is 5.86. The molecule has 2 aliphatic heterocycles. The highest BCUT2D eigenvalue weighted by Crippen LogP contribution is 2.18. The largest absolute Gasteiger partial charge is 0.469 e. The van der Waals surface area contributed by atoms with E-state index in [2.05, 4.69) is 9.64 Å². The topological polar surface area (TPSA) is 59.1 Å². The van der Waals surface area contributed by atoms with Crippen LogP contribution < -0.4 is 0 Å². The third-order valence-electron chi connectivity index (χ3n) is 3.54. The molecule has 1 amide bonds. The number of hydrogen-bond acceptors (Lipinski definition) is 5. The Bertz CT molecular complexity index is 315. The molecule has 2 aliphatic rings. The van der Waals surface area contributed by atoms with E-state index in [1.807, 2.05) is 0 Å². The van der Waals surface area contributed by atoms with Gasteiger partial charge in [0.25, 0.3) is 0 Å². The number of likely N-dealkylation sites (tertiary alicyclic amines) is 1. The maximum Gasteiger partial charge on any atom is 0.310 e. The van der Waals surface area contributed by atoms with Crippen LogP contribution in [0.1, 0.15) is 6.42 Å². The maximum absolute atomic E-state index is 11.8. The number of esters is 1. The van der Waals surface area contributed by atoms with Crippen molar-refractivity contribution in [2.75, 3.05) is 53.0 Å². The molecule has 0 radical (unpaired) electrons. The molecule has 2 heterocycles. The zero-order valence-corrected chi connectivity index (χ0v) is 10.8. The highest BCUT2D eigenvalue weighted by Gasteiger charge is 2.34. The molecule has 6 nitrogen and oxygen atoms in total. The predicted molar refractivity (Wildman–Crippen MR) is 64.0 cm³/mol. The lowest BCUT2D eigenvalue weighted by Gasteiger charge is -2.28. The van der Waals surface area contributed by atoms with Gasteiger partial charge in [-0.05, 0) is 0 Å². The van der Waals surface area contributed by atoms with E-state index in [0.29, 0.717) is 13.1 Å². The minimum Gasteiger partial charge on any atom is -0.469 e. The van der Waals surface area contributed by atoms with Crippen LogP contribution in [-0.2, 0) is 19.1 Å². The summed E-state index contributed by atoms with van der Waals surface area (Å²) in [5.74, 6) is -0.511. The minimum atomic E-state index is -0.285. The first kappa shape index (κ1) is 13.3. The van der Waals surface area contributed by atoms with Gasteiger partial charge in [-0.3, -0.25) is 14.5 Å². The molecule has 0 spiro atoms. The van der Waals surface area contributed by atoms with Gasteiger partial charge in [-0.25, -0.2) is 0 Å². The van der Waals surface area contributed by atoms with E-state index in [-0.39, 0.29) is 24.2 Å². The number of ether oxygens (including phenoxy) is 2. The number of morpholine rings is 1. The number of methoxy groups -OCH3 is 1. The first-order valence-corrected chi connectivity index (χ1v) is 6.36. The van der Waals surface area contributed by atoms with Crippen LogP contribution in [0.3, 0.4) is 0 Å². The molecule has 0 N–H and O–H groups in total. The normalized spacial score (nSPS) is 25.5. The predicted octanol–water partition coefficient (Wildman–Crippen LogP) is -0.660. The summed E-state index contributed by atoms with van der Waals surface area (Å²) in [5.41, 5.74) is 0. The Morgan fingerprint density at radius 3 is 2.78 bits per heavy atom. The Hall–Kier alpha value is -1.14. The number of rotatable bonds is 4. The van der Waals surface area contributed by atoms with Crippen LogP contribution in [0.25, 0.3) is 0 Å². The molecule has 1 unspecified atom stereocenters. The molecule has 0 saturated carbocycles. The standard InChI is InChI=1S/C12H20N2O4/c1-17-12(16)10-8-11(15)14(9-10)3-2-13-4-6-18-7-5-13/h10H,2-9H2,1H3. The Morgan fingerprint density at radius 1 is 1.39 bits per heavy atom. The van der Waals surface area contributed by atoms with E-state index in [9.17, 15) is 9.59 Å². The van der Waals surface area contributed by atoms with Gasteiger partial charge in [-0.1, -0.05) is 0 Å². The Kier molecular flexibility index (Phi) is 4.54. The van der Waals surface area contributed by atoms with Crippen LogP contribution in [0.4, 0.5) is 0 Å². The summed E-state index contributed by atoms with van der Waals surface area (Å²) >= 11 is 0. The smallest absolute Gasteiger partial charge is 0.310 e. The van der Waals surface area contributed by atoms with Crippen molar-refractivity contribution in [3.63, 3.8) is 0 Å². The van der Waals surface area contributed by atoms with Crippen molar-refractivity contribution in [3.05, 3.63) is 0 Å². The molecule has 18 heavy (non-hydrogen) atoms. The minimum absolute atomic E-state index is 0.0543. The first-order chi connectivity index (χ1) is 8.70. The van der Waals surface area contributed by atoms with Gasteiger partial charge in [-0.2, -0.15) is 0 Å². The second-order valence-electron chi connectivity index (χ2n) is 4.72. The third kappa shape index (κ3) is 3.20. The molecule has 0 aromatic heterocycles. The second kappa shape index (κ2) is 6.15. The van der Waals surface area contributed by atoms with Gasteiger partial charge in [0.1, 0.15) is 0 Å². The molecule has 0 aromatic carbocycles. The zero-order valence-electron chi connectivity index (χ0n) is 10.8. The lowest BCUT2D eigenvalue weighted by molar-refractivity contribution is -0.145. The highest BCUT2D eigenvalue weighted by atomic mass is 16.5. The maximum atomic E-state index is 11.8. The molecule has 102 valence electrons. The number of hydrogen-bond donors (Lipinski definition) is 0. The SMILES string of the molecule is COC(=O)C1CC(=O)N(CCN2CCOCC2)C1. The van der Waals surface area contributed by atoms with Crippen LogP contribution in [0.5, 0.6) is 0 Å². The van der Waals surface area contributed by atoms with E-state index in [1.165, 1.54) is 7.11 Å². The molecule has 0 aromatic rings. The number of carbonyl (C=O) groups excluding carboxylic acids is 2. The molecule has 2 rings (SSSR count). The molecule has 0 aliphatic carbocycles. The lowest BCUT2D eigenvalue weighted by atomic mass is 10.1. The van der Waals surface area contributed by atoms with Crippen molar-refractivity contribution in [1.82, 2.24) is 9.80 Å². The Morgan fingerprint density at radius 2 is 2.11 bits per heavy atom. The van der Waals surface area contributed by atoms with Crippen molar-refractivity contribution in [1.29, 1.82) is 0 Å². The van der Waals surface area contributed by atoms with E-state index in [4.69, 9.17) is 4.74 Å². The average Bonchev–Trinajstić information content (AvgIpc) is 2.78. The molecule has 2 saturated heterocycles.